The van der Waals surface area contributed by atoms with Gasteiger partial charge in [-0.2, -0.15) is 0 Å². The second-order valence-electron chi connectivity index (χ2n) is 4.10. The first-order valence-corrected chi connectivity index (χ1v) is 7.10. The molecular formula is C13H12Br2N2O2. The molecule has 0 aliphatic carbocycles. The Balaban J connectivity index is 2.14. The van der Waals surface area contributed by atoms with Crippen LogP contribution in [0.15, 0.2) is 43.9 Å². The Morgan fingerprint density at radius 3 is 2.63 bits per heavy atom. The first-order chi connectivity index (χ1) is 8.97. The number of rotatable bonds is 3. The molecule has 1 heterocycles. The van der Waals surface area contributed by atoms with Crippen LogP contribution in [-0.4, -0.2) is 17.9 Å². The topological polar surface area (TPSA) is 59.5 Å². The summed E-state index contributed by atoms with van der Waals surface area (Å²) in [7, 11) is 1.71. The molecule has 100 valence electrons. The predicted molar refractivity (Wildman–Crippen MR) is 80.8 cm³/mol. The normalized spacial score (nSPS) is 10.5. The fourth-order valence-electron chi connectivity index (χ4n) is 1.68. The van der Waals surface area contributed by atoms with E-state index in [1.54, 1.807) is 36.2 Å². The lowest BCUT2D eigenvalue weighted by molar-refractivity contribution is 0.0776. The standard InChI is InChI=1S/C13H12Br2N2O2/c1-17(7-9-3-5-12(15)19-9)13(18)10-4-2-8(14)6-11(10)16/h2-6H,7,16H2,1H3. The highest BCUT2D eigenvalue weighted by molar-refractivity contribution is 9.10. The molecule has 19 heavy (non-hydrogen) atoms. The van der Waals surface area contributed by atoms with Gasteiger partial charge in [0, 0.05) is 17.2 Å². The highest BCUT2D eigenvalue weighted by Crippen LogP contribution is 2.21. The third-order valence-corrected chi connectivity index (χ3v) is 3.53. The van der Waals surface area contributed by atoms with Crippen molar-refractivity contribution in [2.24, 2.45) is 0 Å². The van der Waals surface area contributed by atoms with Crippen LogP contribution in [-0.2, 0) is 6.54 Å². The van der Waals surface area contributed by atoms with E-state index < -0.39 is 0 Å². The zero-order valence-corrected chi connectivity index (χ0v) is 13.4. The molecule has 1 aromatic carbocycles. The molecule has 0 saturated heterocycles. The van der Waals surface area contributed by atoms with Crippen LogP contribution >= 0.6 is 31.9 Å². The zero-order chi connectivity index (χ0) is 14.0. The number of amides is 1. The summed E-state index contributed by atoms with van der Waals surface area (Å²) >= 11 is 6.54. The summed E-state index contributed by atoms with van der Waals surface area (Å²) in [5.41, 5.74) is 6.78. The van der Waals surface area contributed by atoms with Crippen LogP contribution in [0.4, 0.5) is 5.69 Å². The Bertz CT molecular complexity index is 610. The predicted octanol–water partition coefficient (Wildman–Crippen LogP) is 3.66. The van der Waals surface area contributed by atoms with Crippen LogP contribution in [0.3, 0.4) is 0 Å². The quantitative estimate of drug-likeness (QED) is 0.817. The van der Waals surface area contributed by atoms with Crippen LogP contribution in [0.25, 0.3) is 0 Å². The van der Waals surface area contributed by atoms with Gasteiger partial charge >= 0.3 is 0 Å². The molecule has 4 nitrogen and oxygen atoms in total. The molecule has 6 heteroatoms. The maximum Gasteiger partial charge on any atom is 0.256 e. The minimum atomic E-state index is -0.141. The van der Waals surface area contributed by atoms with Crippen molar-refractivity contribution in [1.29, 1.82) is 0 Å². The van der Waals surface area contributed by atoms with Crippen molar-refractivity contribution < 1.29 is 9.21 Å². The van der Waals surface area contributed by atoms with E-state index in [1.165, 1.54) is 0 Å². The van der Waals surface area contributed by atoms with E-state index in [0.29, 0.717) is 28.2 Å². The molecule has 0 radical (unpaired) electrons. The smallest absolute Gasteiger partial charge is 0.256 e. The van der Waals surface area contributed by atoms with Gasteiger partial charge in [-0.05, 0) is 46.3 Å². The Morgan fingerprint density at radius 1 is 1.32 bits per heavy atom. The highest BCUT2D eigenvalue weighted by atomic mass is 79.9. The maximum absolute atomic E-state index is 12.3. The molecule has 0 atom stereocenters. The summed E-state index contributed by atoms with van der Waals surface area (Å²) < 4.78 is 6.86. The number of halogens is 2. The Kier molecular flexibility index (Phi) is 4.31. The van der Waals surface area contributed by atoms with Crippen LogP contribution in [0.5, 0.6) is 0 Å². The molecule has 0 fully saturated rings. The first-order valence-electron chi connectivity index (χ1n) is 5.52. The van der Waals surface area contributed by atoms with Crippen LogP contribution in [0.2, 0.25) is 0 Å². The number of nitrogens with two attached hydrogens (primary N) is 1. The average molecular weight is 388 g/mol. The van der Waals surface area contributed by atoms with Crippen LogP contribution in [0, 0.1) is 0 Å². The van der Waals surface area contributed by atoms with Gasteiger partial charge in [0.1, 0.15) is 5.76 Å². The molecule has 0 aliphatic heterocycles. The second kappa shape index (κ2) is 5.79. The van der Waals surface area contributed by atoms with Gasteiger partial charge in [0.15, 0.2) is 4.67 Å². The molecule has 0 spiro atoms. The molecule has 1 amide bonds. The lowest BCUT2D eigenvalue weighted by atomic mass is 10.1. The van der Waals surface area contributed by atoms with Crippen molar-refractivity contribution in [2.45, 2.75) is 6.54 Å². The number of benzene rings is 1. The van der Waals surface area contributed by atoms with E-state index >= 15 is 0 Å². The van der Waals surface area contributed by atoms with Gasteiger partial charge in [-0.25, -0.2) is 0 Å². The van der Waals surface area contributed by atoms with Crippen LogP contribution < -0.4 is 5.73 Å². The molecule has 0 saturated carbocycles. The van der Waals surface area contributed by atoms with Crippen molar-refractivity contribution in [1.82, 2.24) is 4.90 Å². The number of carbonyl (C=O) groups excluding carboxylic acids is 1. The minimum Gasteiger partial charge on any atom is -0.452 e. The lowest BCUT2D eigenvalue weighted by Gasteiger charge is -2.17. The Morgan fingerprint density at radius 2 is 2.05 bits per heavy atom. The van der Waals surface area contributed by atoms with Crippen molar-refractivity contribution in [3.63, 3.8) is 0 Å². The fraction of sp³-hybridized carbons (Fsp3) is 0.154. The van der Waals surface area contributed by atoms with Crippen LogP contribution in [0.1, 0.15) is 16.1 Å². The highest BCUT2D eigenvalue weighted by Gasteiger charge is 2.16. The Labute approximate surface area is 127 Å². The van der Waals surface area contributed by atoms with E-state index in [2.05, 4.69) is 31.9 Å². The third-order valence-electron chi connectivity index (χ3n) is 2.61. The number of nitrogen functional groups attached to an aromatic ring is 1. The number of nitrogens with zero attached hydrogens (tertiary/aromatic N) is 1. The third kappa shape index (κ3) is 3.39. The molecule has 2 aromatic rings. The summed E-state index contributed by atoms with van der Waals surface area (Å²) in [6.45, 7) is 0.389. The van der Waals surface area contributed by atoms with Gasteiger partial charge in [-0.3, -0.25) is 4.79 Å². The van der Waals surface area contributed by atoms with E-state index in [-0.39, 0.29) is 5.91 Å². The molecule has 1 aromatic heterocycles. The lowest BCUT2D eigenvalue weighted by Crippen LogP contribution is -2.26. The monoisotopic (exact) mass is 386 g/mol. The van der Waals surface area contributed by atoms with Gasteiger partial charge in [-0.15, -0.1) is 0 Å². The van der Waals surface area contributed by atoms with E-state index in [0.717, 1.165) is 4.47 Å². The molecule has 0 bridgehead atoms. The van der Waals surface area contributed by atoms with Gasteiger partial charge < -0.3 is 15.1 Å². The first kappa shape index (κ1) is 14.1. The number of carbonyl (C=O) groups is 1. The average Bonchev–Trinajstić information content (AvgIpc) is 2.74. The summed E-state index contributed by atoms with van der Waals surface area (Å²) in [4.78, 5) is 13.8. The summed E-state index contributed by atoms with van der Waals surface area (Å²) in [6.07, 6.45) is 0. The summed E-state index contributed by atoms with van der Waals surface area (Å²) in [5.74, 6) is 0.566. The van der Waals surface area contributed by atoms with Crippen molar-refractivity contribution in [3.05, 3.63) is 50.8 Å². The van der Waals surface area contributed by atoms with Crippen molar-refractivity contribution in [2.75, 3.05) is 12.8 Å². The fourth-order valence-corrected chi connectivity index (χ4v) is 2.40. The minimum absolute atomic E-state index is 0.141. The van der Waals surface area contributed by atoms with E-state index in [4.69, 9.17) is 10.2 Å². The number of hydrogen-bond acceptors (Lipinski definition) is 3. The number of hydrogen-bond donors (Lipinski definition) is 1. The maximum atomic E-state index is 12.3. The zero-order valence-electron chi connectivity index (χ0n) is 10.2. The molecule has 2 rings (SSSR count). The van der Waals surface area contributed by atoms with E-state index in [1.807, 2.05) is 6.07 Å². The van der Waals surface area contributed by atoms with E-state index in [9.17, 15) is 4.79 Å². The summed E-state index contributed by atoms with van der Waals surface area (Å²) in [6, 6.07) is 8.82. The van der Waals surface area contributed by atoms with Gasteiger partial charge in [0.2, 0.25) is 0 Å². The van der Waals surface area contributed by atoms with Gasteiger partial charge in [-0.1, -0.05) is 15.9 Å². The molecule has 0 aliphatic rings. The van der Waals surface area contributed by atoms with Gasteiger partial charge in [0.25, 0.3) is 5.91 Å². The Hall–Kier alpha value is -1.27. The van der Waals surface area contributed by atoms with Crippen molar-refractivity contribution >= 4 is 43.5 Å². The van der Waals surface area contributed by atoms with Gasteiger partial charge in [0.05, 0.1) is 12.1 Å². The molecule has 0 unspecified atom stereocenters. The van der Waals surface area contributed by atoms with Crippen molar-refractivity contribution in [3.8, 4) is 0 Å². The molecular weight excluding hydrogens is 376 g/mol. The second-order valence-corrected chi connectivity index (χ2v) is 5.80. The summed E-state index contributed by atoms with van der Waals surface area (Å²) in [5, 5.41) is 0. The SMILES string of the molecule is CN(Cc1ccc(Br)o1)C(=O)c1ccc(Br)cc1N. The molecule has 2 N–H and O–H groups in total. The largest absolute Gasteiger partial charge is 0.452 e. The number of anilines is 1. The number of furan rings is 1.